The van der Waals surface area contributed by atoms with E-state index in [4.69, 9.17) is 18.9 Å². The molecule has 2 aliphatic carbocycles. The summed E-state index contributed by atoms with van der Waals surface area (Å²) >= 11 is 0. The number of fused-ring (bicyclic) bond motifs is 3. The molecule has 1 saturated carbocycles. The largest absolute Gasteiger partial charge is 0.493 e. The fourth-order valence-corrected chi connectivity index (χ4v) is 6.76. The number of amides is 2. The van der Waals surface area contributed by atoms with Gasteiger partial charge in [-0.05, 0) is 48.8 Å². The number of benzene rings is 1. The van der Waals surface area contributed by atoms with E-state index in [2.05, 4.69) is 26.1 Å². The van der Waals surface area contributed by atoms with Crippen LogP contribution in [0.4, 0.5) is 0 Å². The number of methoxy groups -OCH3 is 2. The Kier molecular flexibility index (Phi) is 11.2. The number of aliphatic hydroxyl groups excluding tert-OH is 2. The van der Waals surface area contributed by atoms with Gasteiger partial charge in [0.1, 0.15) is 25.1 Å². The van der Waals surface area contributed by atoms with Crippen molar-refractivity contribution in [3.05, 3.63) is 34.9 Å². The van der Waals surface area contributed by atoms with E-state index in [0.717, 1.165) is 19.3 Å². The number of nitrogens with one attached hydrogen (secondary N) is 1. The Morgan fingerprint density at radius 3 is 2.65 bits per heavy atom. The van der Waals surface area contributed by atoms with Crippen LogP contribution in [0.5, 0.6) is 11.5 Å². The summed E-state index contributed by atoms with van der Waals surface area (Å²) in [5, 5.41) is 23.8. The van der Waals surface area contributed by atoms with E-state index in [0.29, 0.717) is 46.7 Å². The summed E-state index contributed by atoms with van der Waals surface area (Å²) in [6.45, 7) is 6.51. The Balaban J connectivity index is 1.67. The molecule has 11 heteroatoms. The first kappa shape index (κ1) is 32.9. The lowest BCUT2D eigenvalue weighted by Crippen LogP contribution is -2.57. The summed E-state index contributed by atoms with van der Waals surface area (Å²) in [6.07, 6.45) is 3.13. The van der Waals surface area contributed by atoms with Crippen molar-refractivity contribution < 1.29 is 43.5 Å². The van der Waals surface area contributed by atoms with Gasteiger partial charge in [0, 0.05) is 36.9 Å². The van der Waals surface area contributed by atoms with Crippen LogP contribution in [0, 0.1) is 17.8 Å². The van der Waals surface area contributed by atoms with Crippen LogP contribution >= 0.6 is 0 Å². The SMILES string of the molecule is COCCN(C(=O)COC1CC(C)CCC1C(C)C)C1C=C(C(=O)NCCO)C2c3cc(C=O)cc(OC)c3OC2C1O. The Labute approximate surface area is 253 Å². The third-order valence-corrected chi connectivity index (χ3v) is 9.01. The van der Waals surface area contributed by atoms with E-state index >= 15 is 0 Å². The predicted octanol–water partition coefficient (Wildman–Crippen LogP) is 2.08. The average Bonchev–Trinajstić information content (AvgIpc) is 3.39. The number of ether oxygens (including phenoxy) is 4. The van der Waals surface area contributed by atoms with E-state index in [9.17, 15) is 24.6 Å². The van der Waals surface area contributed by atoms with Crippen LogP contribution in [0.15, 0.2) is 23.8 Å². The van der Waals surface area contributed by atoms with Crippen LogP contribution in [0.2, 0.25) is 0 Å². The molecule has 4 rings (SSSR count). The summed E-state index contributed by atoms with van der Waals surface area (Å²) in [5.41, 5.74) is 1.12. The van der Waals surface area contributed by atoms with Crippen molar-refractivity contribution in [2.24, 2.45) is 17.8 Å². The molecule has 1 heterocycles. The molecule has 3 aliphatic rings. The van der Waals surface area contributed by atoms with Gasteiger partial charge in [0.2, 0.25) is 11.8 Å². The molecular weight excluding hydrogens is 556 g/mol. The van der Waals surface area contributed by atoms with E-state index in [1.165, 1.54) is 25.2 Å². The van der Waals surface area contributed by atoms with Crippen LogP contribution in [0.25, 0.3) is 0 Å². The number of aldehydes is 1. The lowest BCUT2D eigenvalue weighted by atomic mass is 9.75. The zero-order valence-electron chi connectivity index (χ0n) is 25.8. The number of aliphatic hydroxyl groups is 2. The van der Waals surface area contributed by atoms with Gasteiger partial charge in [0.05, 0.1) is 38.4 Å². The summed E-state index contributed by atoms with van der Waals surface area (Å²) in [4.78, 5) is 40.4. The smallest absolute Gasteiger partial charge is 0.249 e. The maximum Gasteiger partial charge on any atom is 0.249 e. The second kappa shape index (κ2) is 14.7. The Morgan fingerprint density at radius 2 is 2.00 bits per heavy atom. The van der Waals surface area contributed by atoms with Gasteiger partial charge in [0.15, 0.2) is 11.5 Å². The first-order valence-corrected chi connectivity index (χ1v) is 15.2. The van der Waals surface area contributed by atoms with Gasteiger partial charge in [0.25, 0.3) is 0 Å². The summed E-state index contributed by atoms with van der Waals surface area (Å²) in [5.74, 6) is 0.383. The first-order valence-electron chi connectivity index (χ1n) is 15.2. The second-order valence-corrected chi connectivity index (χ2v) is 12.2. The molecule has 0 radical (unpaired) electrons. The molecule has 7 unspecified atom stereocenters. The predicted molar refractivity (Wildman–Crippen MR) is 158 cm³/mol. The number of hydrogen-bond acceptors (Lipinski definition) is 9. The molecule has 0 spiro atoms. The minimum absolute atomic E-state index is 0.0170. The zero-order chi connectivity index (χ0) is 31.3. The van der Waals surface area contributed by atoms with Crippen LogP contribution in [-0.4, -0.2) is 105 Å². The molecule has 2 amide bonds. The monoisotopic (exact) mass is 602 g/mol. The van der Waals surface area contributed by atoms with Crippen LogP contribution in [-0.2, 0) is 19.1 Å². The van der Waals surface area contributed by atoms with Crippen molar-refractivity contribution in [2.75, 3.05) is 47.1 Å². The fraction of sp³-hybridized carbons (Fsp3) is 0.656. The van der Waals surface area contributed by atoms with E-state index in [1.807, 2.05) is 0 Å². The highest BCUT2D eigenvalue weighted by Gasteiger charge is 2.51. The molecule has 3 N–H and O–H groups in total. The maximum absolute atomic E-state index is 13.8. The fourth-order valence-electron chi connectivity index (χ4n) is 6.76. The van der Waals surface area contributed by atoms with Crippen molar-refractivity contribution in [3.63, 3.8) is 0 Å². The average molecular weight is 603 g/mol. The molecule has 1 aromatic carbocycles. The highest BCUT2D eigenvalue weighted by molar-refractivity contribution is 5.96. The molecule has 0 aromatic heterocycles. The molecule has 1 aliphatic heterocycles. The Hall–Kier alpha value is -2.99. The molecule has 11 nitrogen and oxygen atoms in total. The minimum atomic E-state index is -1.23. The maximum atomic E-state index is 13.8. The molecule has 238 valence electrons. The van der Waals surface area contributed by atoms with Crippen molar-refractivity contribution in [1.82, 2.24) is 10.2 Å². The number of carbonyl (C=O) groups excluding carboxylic acids is 3. The van der Waals surface area contributed by atoms with Crippen molar-refractivity contribution >= 4 is 18.1 Å². The van der Waals surface area contributed by atoms with E-state index in [1.54, 1.807) is 12.1 Å². The van der Waals surface area contributed by atoms with Crippen LogP contribution in [0.3, 0.4) is 0 Å². The quantitative estimate of drug-likeness (QED) is 0.289. The molecular formula is C32H46N2O9. The Bertz CT molecular complexity index is 1190. The van der Waals surface area contributed by atoms with Gasteiger partial charge < -0.3 is 39.4 Å². The molecule has 0 bridgehead atoms. The molecule has 1 aromatic rings. The molecule has 7 atom stereocenters. The van der Waals surface area contributed by atoms with Crippen molar-refractivity contribution in [1.29, 1.82) is 0 Å². The number of hydrogen-bond donors (Lipinski definition) is 3. The van der Waals surface area contributed by atoms with Crippen LogP contribution < -0.4 is 14.8 Å². The third-order valence-electron chi connectivity index (χ3n) is 9.01. The molecule has 43 heavy (non-hydrogen) atoms. The minimum Gasteiger partial charge on any atom is -0.493 e. The second-order valence-electron chi connectivity index (χ2n) is 12.2. The number of nitrogens with zero attached hydrogens (tertiary/aromatic N) is 1. The van der Waals surface area contributed by atoms with Gasteiger partial charge in [-0.3, -0.25) is 14.4 Å². The van der Waals surface area contributed by atoms with Crippen molar-refractivity contribution in [2.45, 2.75) is 70.3 Å². The van der Waals surface area contributed by atoms with Gasteiger partial charge in [-0.2, -0.15) is 0 Å². The van der Waals surface area contributed by atoms with Crippen LogP contribution in [0.1, 0.15) is 61.9 Å². The zero-order valence-corrected chi connectivity index (χ0v) is 25.8. The van der Waals surface area contributed by atoms with E-state index in [-0.39, 0.29) is 50.5 Å². The normalized spacial score (nSPS) is 27.9. The first-order chi connectivity index (χ1) is 20.6. The number of carbonyl (C=O) groups is 3. The molecule has 0 saturated heterocycles. The lowest BCUT2D eigenvalue weighted by Gasteiger charge is -2.41. The topological polar surface area (TPSA) is 144 Å². The standard InChI is InChI=1S/C32H46N2O9/c1-18(2)21-7-6-19(3)12-25(21)42-17-27(37)34(9-11-40-4)24-15-23(32(39)33-8-10-35)28-22-13-20(16-36)14-26(41-5)30(22)43-31(28)29(24)38/h13-16,18-19,21,24-25,28-29,31,35,38H,6-12,17H2,1-5H3,(H,33,39). The van der Waals surface area contributed by atoms with Gasteiger partial charge >= 0.3 is 0 Å². The lowest BCUT2D eigenvalue weighted by molar-refractivity contribution is -0.147. The number of rotatable bonds is 13. The summed E-state index contributed by atoms with van der Waals surface area (Å²) in [6, 6.07) is 2.22. The van der Waals surface area contributed by atoms with Gasteiger partial charge in [-0.25, -0.2) is 0 Å². The summed E-state index contributed by atoms with van der Waals surface area (Å²) in [7, 11) is 2.97. The third kappa shape index (κ3) is 7.06. The van der Waals surface area contributed by atoms with Gasteiger partial charge in [-0.15, -0.1) is 0 Å². The Morgan fingerprint density at radius 1 is 1.23 bits per heavy atom. The van der Waals surface area contributed by atoms with E-state index < -0.39 is 30.1 Å². The molecule has 1 fully saturated rings. The van der Waals surface area contributed by atoms with Gasteiger partial charge in [-0.1, -0.05) is 27.2 Å². The highest BCUT2D eigenvalue weighted by Crippen LogP contribution is 2.51. The summed E-state index contributed by atoms with van der Waals surface area (Å²) < 4.78 is 23.3. The van der Waals surface area contributed by atoms with Crippen molar-refractivity contribution in [3.8, 4) is 11.5 Å². The highest BCUT2D eigenvalue weighted by atomic mass is 16.5.